The number of amides is 3. The molecule has 0 aromatic heterocycles. The summed E-state index contributed by atoms with van der Waals surface area (Å²) in [5.74, 6) is -0.800. The minimum absolute atomic E-state index is 0.0296. The molecule has 9 heteroatoms. The molecule has 3 aliphatic rings. The number of likely N-dealkylation sites (tertiary alicyclic amines) is 2. The van der Waals surface area contributed by atoms with Crippen molar-refractivity contribution in [2.75, 3.05) is 18.9 Å². The van der Waals surface area contributed by atoms with Gasteiger partial charge in [-0.1, -0.05) is 44.2 Å². The van der Waals surface area contributed by atoms with Crippen LogP contribution < -0.4 is 5.32 Å². The summed E-state index contributed by atoms with van der Waals surface area (Å²) >= 11 is 0. The van der Waals surface area contributed by atoms with E-state index in [4.69, 9.17) is 6.57 Å². The van der Waals surface area contributed by atoms with Gasteiger partial charge in [0.2, 0.25) is 11.8 Å². The third-order valence-electron chi connectivity index (χ3n) is 9.25. The first kappa shape index (κ1) is 29.7. The van der Waals surface area contributed by atoms with Crippen LogP contribution in [0.4, 0.5) is 10.1 Å². The van der Waals surface area contributed by atoms with Crippen molar-refractivity contribution in [3.63, 3.8) is 0 Å². The number of hydrogen-bond acceptors (Lipinski definition) is 4. The standard InChI is InChI=1S/C33H40FN5O3/c1-20(2)17-28(31(41)38-19-33(18-29(38)35-5)24-9-7-8-10-25(24)36-32(33)42)37(6)30(40)27-16-15-26(39(27)21(3)4)22-11-13-23(34)14-12-22/h7-14,20-21,26-29H,15-19H2,1-4,6H3,(H,36,42)/t26-,27-,28-,29-,33-/m0/s1. The number of nitrogens with zero attached hydrogens (tertiary/aromatic N) is 4. The molecule has 0 bridgehead atoms. The van der Waals surface area contributed by atoms with E-state index >= 15 is 0 Å². The summed E-state index contributed by atoms with van der Waals surface area (Å²) < 4.78 is 13.6. The number of hydrogen-bond donors (Lipinski definition) is 1. The average molecular weight is 574 g/mol. The van der Waals surface area contributed by atoms with Crippen molar-refractivity contribution in [1.29, 1.82) is 0 Å². The third kappa shape index (κ3) is 5.06. The third-order valence-corrected chi connectivity index (χ3v) is 9.25. The van der Waals surface area contributed by atoms with Gasteiger partial charge in [0, 0.05) is 31.4 Å². The zero-order valence-electron chi connectivity index (χ0n) is 25.0. The molecule has 2 fully saturated rings. The van der Waals surface area contributed by atoms with Crippen molar-refractivity contribution < 1.29 is 18.8 Å². The van der Waals surface area contributed by atoms with E-state index in [1.54, 1.807) is 24.1 Å². The van der Waals surface area contributed by atoms with Crippen LogP contribution in [0.5, 0.6) is 0 Å². The van der Waals surface area contributed by atoms with Gasteiger partial charge in [0.1, 0.15) is 17.3 Å². The normalized spacial score (nSPS) is 26.0. The smallest absolute Gasteiger partial charge is 0.302 e. The van der Waals surface area contributed by atoms with E-state index < -0.39 is 23.7 Å². The van der Waals surface area contributed by atoms with E-state index in [1.807, 2.05) is 52.0 Å². The minimum atomic E-state index is -0.977. The van der Waals surface area contributed by atoms with Gasteiger partial charge < -0.3 is 10.2 Å². The second-order valence-corrected chi connectivity index (χ2v) is 12.7. The summed E-state index contributed by atoms with van der Waals surface area (Å²) in [6.07, 6.45) is 1.24. The number of nitrogens with one attached hydrogen (secondary N) is 1. The van der Waals surface area contributed by atoms with Crippen LogP contribution in [0.3, 0.4) is 0 Å². The molecule has 3 heterocycles. The second-order valence-electron chi connectivity index (χ2n) is 12.7. The van der Waals surface area contributed by atoms with E-state index in [9.17, 15) is 18.8 Å². The molecule has 5 rings (SSSR count). The average Bonchev–Trinajstić information content (AvgIpc) is 3.65. The lowest BCUT2D eigenvalue weighted by atomic mass is 9.80. The number of fused-ring (bicyclic) bond motifs is 2. The molecular formula is C33H40FN5O3. The Kier molecular flexibility index (Phi) is 8.13. The summed E-state index contributed by atoms with van der Waals surface area (Å²) in [4.78, 5) is 50.8. The summed E-state index contributed by atoms with van der Waals surface area (Å²) in [6, 6.07) is 12.7. The van der Waals surface area contributed by atoms with Crippen LogP contribution in [0.15, 0.2) is 48.5 Å². The number of rotatable bonds is 7. The van der Waals surface area contributed by atoms with Crippen molar-refractivity contribution in [3.05, 3.63) is 76.9 Å². The van der Waals surface area contributed by atoms with Gasteiger partial charge in [0.15, 0.2) is 0 Å². The fourth-order valence-corrected chi connectivity index (χ4v) is 7.23. The lowest BCUT2D eigenvalue weighted by Crippen LogP contribution is -2.56. The van der Waals surface area contributed by atoms with Crippen LogP contribution in [0.25, 0.3) is 4.85 Å². The van der Waals surface area contributed by atoms with Crippen molar-refractivity contribution >= 4 is 23.4 Å². The monoisotopic (exact) mass is 573 g/mol. The SMILES string of the molecule is [C-]#[N+][C@@H]1C[C@@]2(CN1C(=O)[C@H](CC(C)C)N(C)C(=O)[C@@H]1CC[C@@H](c3ccc(F)cc3)N1C(C)C)C(=O)Nc1ccccc12. The van der Waals surface area contributed by atoms with E-state index in [-0.39, 0.29) is 54.5 Å². The Morgan fingerprint density at radius 3 is 2.45 bits per heavy atom. The predicted octanol–water partition coefficient (Wildman–Crippen LogP) is 4.98. The first-order chi connectivity index (χ1) is 20.0. The molecule has 0 saturated carbocycles. The molecule has 8 nitrogen and oxygen atoms in total. The van der Waals surface area contributed by atoms with Gasteiger partial charge >= 0.3 is 6.17 Å². The van der Waals surface area contributed by atoms with Crippen LogP contribution in [0, 0.1) is 18.3 Å². The molecule has 0 aliphatic carbocycles. The lowest BCUT2D eigenvalue weighted by Gasteiger charge is -2.38. The molecule has 1 N–H and O–H groups in total. The second kappa shape index (κ2) is 11.5. The molecule has 0 unspecified atom stereocenters. The fourth-order valence-electron chi connectivity index (χ4n) is 7.23. The molecule has 2 aromatic carbocycles. The fraction of sp³-hybridized carbons (Fsp3) is 0.515. The Morgan fingerprint density at radius 1 is 1.12 bits per heavy atom. The number of carbonyl (C=O) groups is 3. The van der Waals surface area contributed by atoms with E-state index in [0.717, 1.165) is 23.2 Å². The largest absolute Gasteiger partial charge is 0.332 e. The molecule has 0 radical (unpaired) electrons. The first-order valence-electron chi connectivity index (χ1n) is 14.9. The number of anilines is 1. The van der Waals surface area contributed by atoms with Crippen molar-refractivity contribution in [1.82, 2.24) is 14.7 Å². The van der Waals surface area contributed by atoms with Gasteiger partial charge in [-0.05, 0) is 68.4 Å². The quantitative estimate of drug-likeness (QED) is 0.474. The van der Waals surface area contributed by atoms with Gasteiger partial charge in [-0.15, -0.1) is 0 Å². The van der Waals surface area contributed by atoms with Crippen LogP contribution in [-0.4, -0.2) is 70.3 Å². The highest BCUT2D eigenvalue weighted by Gasteiger charge is 2.59. The topological polar surface area (TPSA) is 77.3 Å². The Morgan fingerprint density at radius 2 is 1.81 bits per heavy atom. The maximum atomic E-state index is 14.3. The lowest BCUT2D eigenvalue weighted by molar-refractivity contribution is -0.148. The van der Waals surface area contributed by atoms with Crippen LogP contribution in [0.2, 0.25) is 0 Å². The molecular weight excluding hydrogens is 533 g/mol. The molecule has 2 saturated heterocycles. The number of carbonyl (C=O) groups excluding carboxylic acids is 3. The van der Waals surface area contributed by atoms with Crippen LogP contribution in [-0.2, 0) is 19.8 Å². The maximum Gasteiger partial charge on any atom is 0.302 e. The number of likely N-dealkylation sites (N-methyl/N-ethyl adjacent to an activating group) is 1. The number of halogens is 1. The summed E-state index contributed by atoms with van der Waals surface area (Å²) in [5.41, 5.74) is 1.52. The minimum Gasteiger partial charge on any atom is -0.332 e. The summed E-state index contributed by atoms with van der Waals surface area (Å²) in [7, 11) is 1.69. The van der Waals surface area contributed by atoms with Crippen molar-refractivity contribution in [2.45, 2.75) is 89.1 Å². The zero-order valence-corrected chi connectivity index (χ0v) is 25.0. The zero-order chi connectivity index (χ0) is 30.3. The molecule has 3 aliphatic heterocycles. The molecule has 222 valence electrons. The Balaban J connectivity index is 1.41. The predicted molar refractivity (Wildman–Crippen MR) is 159 cm³/mol. The number of benzene rings is 2. The Labute approximate surface area is 247 Å². The Bertz CT molecular complexity index is 1400. The van der Waals surface area contributed by atoms with Gasteiger partial charge in [0.05, 0.1) is 12.5 Å². The molecule has 1 spiro atoms. The molecule has 2 aromatic rings. The number of para-hydroxylation sites is 1. The van der Waals surface area contributed by atoms with Crippen molar-refractivity contribution in [3.8, 4) is 0 Å². The highest BCUT2D eigenvalue weighted by atomic mass is 19.1. The van der Waals surface area contributed by atoms with Crippen LogP contribution in [0.1, 0.15) is 70.5 Å². The highest BCUT2D eigenvalue weighted by molar-refractivity contribution is 6.07. The molecule has 42 heavy (non-hydrogen) atoms. The summed E-state index contributed by atoms with van der Waals surface area (Å²) in [6.45, 7) is 16.1. The Hall–Kier alpha value is -3.77. The summed E-state index contributed by atoms with van der Waals surface area (Å²) in [5, 5.41) is 2.94. The maximum absolute atomic E-state index is 14.3. The van der Waals surface area contributed by atoms with E-state index in [0.29, 0.717) is 12.8 Å². The van der Waals surface area contributed by atoms with Gasteiger partial charge in [0.25, 0.3) is 5.91 Å². The van der Waals surface area contributed by atoms with Crippen LogP contribution >= 0.6 is 0 Å². The van der Waals surface area contributed by atoms with Gasteiger partial charge in [-0.3, -0.25) is 29.0 Å². The first-order valence-corrected chi connectivity index (χ1v) is 14.9. The van der Waals surface area contributed by atoms with Gasteiger partial charge in [-0.25, -0.2) is 11.0 Å². The van der Waals surface area contributed by atoms with Crippen molar-refractivity contribution in [2.24, 2.45) is 5.92 Å². The molecule has 3 amide bonds. The van der Waals surface area contributed by atoms with Gasteiger partial charge in [-0.2, -0.15) is 0 Å². The van der Waals surface area contributed by atoms with E-state index in [2.05, 4.69) is 15.1 Å². The van der Waals surface area contributed by atoms with E-state index in [1.165, 1.54) is 17.0 Å². The molecule has 5 atom stereocenters. The highest BCUT2D eigenvalue weighted by Crippen LogP contribution is 2.47.